The maximum absolute atomic E-state index is 13.0. The summed E-state index contributed by atoms with van der Waals surface area (Å²) in [5.74, 6) is 1.09. The highest BCUT2D eigenvalue weighted by Crippen LogP contribution is 2.31. The molecule has 0 aliphatic rings. The number of hydrogen-bond donors (Lipinski definition) is 1. The van der Waals surface area contributed by atoms with Crippen LogP contribution >= 0.6 is 0 Å². The highest BCUT2D eigenvalue weighted by atomic mass is 19.4. The summed E-state index contributed by atoms with van der Waals surface area (Å²) in [6.07, 6.45) is 6.46. The Balaban J connectivity index is 1.61. The lowest BCUT2D eigenvalue weighted by molar-refractivity contribution is -0.137. The molecule has 0 fully saturated rings. The summed E-state index contributed by atoms with van der Waals surface area (Å²) in [6.45, 7) is 7.74. The second kappa shape index (κ2) is 15.8. The second-order valence-corrected chi connectivity index (χ2v) is 11.9. The van der Waals surface area contributed by atoms with Crippen molar-refractivity contribution in [2.24, 2.45) is 0 Å². The predicted molar refractivity (Wildman–Crippen MR) is 158 cm³/mol. The Hall–Kier alpha value is -3.36. The van der Waals surface area contributed by atoms with Gasteiger partial charge >= 0.3 is 12.3 Å². The molecule has 0 aliphatic carbocycles. The fourth-order valence-electron chi connectivity index (χ4n) is 4.64. The Morgan fingerprint density at radius 3 is 2.05 bits per heavy atom. The highest BCUT2D eigenvalue weighted by molar-refractivity contribution is 5.68. The van der Waals surface area contributed by atoms with Crippen LogP contribution in [0.4, 0.5) is 18.0 Å². The van der Waals surface area contributed by atoms with E-state index >= 15 is 0 Å². The first-order valence-electron chi connectivity index (χ1n) is 15.0. The van der Waals surface area contributed by atoms with Crippen LogP contribution in [0.3, 0.4) is 0 Å². The van der Waals surface area contributed by atoms with E-state index in [0.29, 0.717) is 22.8 Å². The van der Waals surface area contributed by atoms with Gasteiger partial charge in [0, 0.05) is 23.9 Å². The van der Waals surface area contributed by atoms with Crippen molar-refractivity contribution >= 4 is 6.09 Å². The van der Waals surface area contributed by atoms with Crippen LogP contribution in [0.1, 0.15) is 114 Å². The van der Waals surface area contributed by atoms with Crippen molar-refractivity contribution in [3.8, 4) is 11.5 Å². The Kier molecular flexibility index (Phi) is 12.4. The van der Waals surface area contributed by atoms with Gasteiger partial charge in [0.25, 0.3) is 5.89 Å². The van der Waals surface area contributed by atoms with E-state index in [1.807, 2.05) is 32.9 Å². The number of amides is 1. The third-order valence-corrected chi connectivity index (χ3v) is 6.93. The van der Waals surface area contributed by atoms with Gasteiger partial charge in [0.15, 0.2) is 5.82 Å². The number of alkyl halides is 3. The van der Waals surface area contributed by atoms with Gasteiger partial charge in [0.05, 0.1) is 5.56 Å². The summed E-state index contributed by atoms with van der Waals surface area (Å²) in [4.78, 5) is 17.1. The summed E-state index contributed by atoms with van der Waals surface area (Å²) in [5.41, 5.74) is 0.798. The quantitative estimate of drug-likeness (QED) is 0.179. The zero-order valence-electron chi connectivity index (χ0n) is 25.2. The lowest BCUT2D eigenvalue weighted by atomic mass is 9.99. The summed E-state index contributed by atoms with van der Waals surface area (Å²) in [6, 6.07) is 12.1. The number of hydrogen-bond acceptors (Lipinski definition) is 5. The van der Waals surface area contributed by atoms with Crippen LogP contribution in [0.15, 0.2) is 53.1 Å². The third kappa shape index (κ3) is 11.5. The Labute approximate surface area is 247 Å². The number of carbonyl (C=O) groups excluding carboxylic acids is 1. The van der Waals surface area contributed by atoms with Crippen molar-refractivity contribution in [1.82, 2.24) is 15.5 Å². The summed E-state index contributed by atoms with van der Waals surface area (Å²) < 4.78 is 50.3. The van der Waals surface area contributed by atoms with Gasteiger partial charge in [-0.3, -0.25) is 0 Å². The number of alkyl carbamates (subject to hydrolysis) is 1. The fourth-order valence-corrected chi connectivity index (χ4v) is 4.64. The van der Waals surface area contributed by atoms with Crippen LogP contribution in [0, 0.1) is 0 Å². The lowest BCUT2D eigenvalue weighted by Gasteiger charge is -2.24. The molecule has 0 bridgehead atoms. The molecule has 1 heterocycles. The highest BCUT2D eigenvalue weighted by Gasteiger charge is 2.30. The number of benzene rings is 2. The van der Waals surface area contributed by atoms with Crippen LogP contribution in [0.25, 0.3) is 11.5 Å². The van der Waals surface area contributed by atoms with E-state index in [1.54, 1.807) is 12.1 Å². The number of carbonyl (C=O) groups is 1. The second-order valence-electron chi connectivity index (χ2n) is 11.9. The number of halogens is 3. The van der Waals surface area contributed by atoms with Crippen LogP contribution in [-0.2, 0) is 23.8 Å². The van der Waals surface area contributed by atoms with Crippen LogP contribution < -0.4 is 5.32 Å². The molecule has 1 N–H and O–H groups in total. The van der Waals surface area contributed by atoms with Gasteiger partial charge < -0.3 is 14.6 Å². The van der Waals surface area contributed by atoms with Crippen molar-refractivity contribution in [2.75, 3.05) is 0 Å². The van der Waals surface area contributed by atoms with Gasteiger partial charge in [-0.15, -0.1) is 0 Å². The molecule has 0 aliphatic heterocycles. The fraction of sp³-hybridized carbons (Fsp3) is 0.545. The van der Waals surface area contributed by atoms with Crippen molar-refractivity contribution < 1.29 is 27.2 Å². The summed E-state index contributed by atoms with van der Waals surface area (Å²) in [5, 5.41) is 6.90. The zero-order chi connectivity index (χ0) is 30.6. The van der Waals surface area contributed by atoms with Gasteiger partial charge in [-0.2, -0.15) is 18.2 Å². The maximum atomic E-state index is 13.0. The minimum Gasteiger partial charge on any atom is -0.441 e. The molecule has 2 aromatic carbocycles. The number of nitrogens with zero attached hydrogens (tertiary/aromatic N) is 2. The monoisotopic (exact) mass is 587 g/mol. The molecule has 3 aromatic rings. The van der Waals surface area contributed by atoms with Crippen molar-refractivity contribution in [3.63, 3.8) is 0 Å². The predicted octanol–water partition coefficient (Wildman–Crippen LogP) is 9.64. The summed E-state index contributed by atoms with van der Waals surface area (Å²) >= 11 is 0. The smallest absolute Gasteiger partial charge is 0.416 e. The van der Waals surface area contributed by atoms with E-state index < -0.39 is 29.5 Å². The molecule has 0 saturated carbocycles. The minimum absolute atomic E-state index is 0.207. The third-order valence-electron chi connectivity index (χ3n) is 6.93. The van der Waals surface area contributed by atoms with E-state index in [4.69, 9.17) is 9.26 Å². The van der Waals surface area contributed by atoms with Gasteiger partial charge in [-0.25, -0.2) is 4.79 Å². The average Bonchev–Trinajstić information content (AvgIpc) is 3.40. The number of unbranched alkanes of at least 4 members (excludes halogenated alkanes) is 8. The van der Waals surface area contributed by atoms with Crippen molar-refractivity contribution in [2.45, 2.75) is 116 Å². The Morgan fingerprint density at radius 1 is 0.881 bits per heavy atom. The molecule has 230 valence electrons. The molecule has 1 aromatic heterocycles. The van der Waals surface area contributed by atoms with E-state index in [1.165, 1.54) is 57.1 Å². The molecule has 0 saturated heterocycles. The van der Waals surface area contributed by atoms with E-state index in [2.05, 4.69) is 22.4 Å². The molecule has 1 unspecified atom stereocenters. The molecule has 0 radical (unpaired) electrons. The standard InChI is InChI=1S/C33H44F3N3O3/c1-5-6-7-8-9-10-11-12-13-14-29-37-30(42-39-29)26-19-17-25(18-20-26)28(41-31(40)38-32(2,3)4)23-24-15-21-27(22-16-24)33(34,35)36/h15-22,28H,5-14,23H2,1-4H3,(H,38,40). The van der Waals surface area contributed by atoms with Crippen LogP contribution in [0.5, 0.6) is 0 Å². The largest absolute Gasteiger partial charge is 0.441 e. The molecule has 9 heteroatoms. The van der Waals surface area contributed by atoms with E-state index in [-0.39, 0.29) is 6.42 Å². The SMILES string of the molecule is CCCCCCCCCCCc1noc(-c2ccc(C(Cc3ccc(C(F)(F)F)cc3)OC(=O)NC(C)(C)C)cc2)n1. The molecular formula is C33H44F3N3O3. The molecule has 6 nitrogen and oxygen atoms in total. The number of rotatable bonds is 15. The van der Waals surface area contributed by atoms with Crippen molar-refractivity contribution in [3.05, 3.63) is 71.0 Å². The number of ether oxygens (including phenoxy) is 1. The first-order valence-corrected chi connectivity index (χ1v) is 15.0. The zero-order valence-corrected chi connectivity index (χ0v) is 25.2. The first kappa shape index (κ1) is 33.1. The Bertz CT molecular complexity index is 1220. The van der Waals surface area contributed by atoms with Gasteiger partial charge in [0.2, 0.25) is 0 Å². The van der Waals surface area contributed by atoms with Gasteiger partial charge in [-0.05, 0) is 62.6 Å². The van der Waals surface area contributed by atoms with E-state index in [0.717, 1.165) is 37.0 Å². The first-order chi connectivity index (χ1) is 19.9. The molecule has 1 amide bonds. The number of aromatic nitrogens is 2. The molecular weight excluding hydrogens is 543 g/mol. The van der Waals surface area contributed by atoms with Crippen LogP contribution in [0.2, 0.25) is 0 Å². The maximum Gasteiger partial charge on any atom is 0.416 e. The van der Waals surface area contributed by atoms with Gasteiger partial charge in [-0.1, -0.05) is 87.7 Å². The average molecular weight is 588 g/mol. The molecule has 42 heavy (non-hydrogen) atoms. The minimum atomic E-state index is -4.42. The number of aryl methyl sites for hydroxylation is 1. The normalized spacial score (nSPS) is 12.7. The van der Waals surface area contributed by atoms with Gasteiger partial charge in [0.1, 0.15) is 6.10 Å². The lowest BCUT2D eigenvalue weighted by Crippen LogP contribution is -2.41. The molecule has 3 rings (SSSR count). The molecule has 0 spiro atoms. The topological polar surface area (TPSA) is 77.2 Å². The number of nitrogens with one attached hydrogen (secondary N) is 1. The van der Waals surface area contributed by atoms with E-state index in [9.17, 15) is 18.0 Å². The Morgan fingerprint density at radius 2 is 1.48 bits per heavy atom. The summed E-state index contributed by atoms with van der Waals surface area (Å²) in [7, 11) is 0. The molecule has 1 atom stereocenters. The van der Waals surface area contributed by atoms with Crippen molar-refractivity contribution in [1.29, 1.82) is 0 Å². The van der Waals surface area contributed by atoms with Crippen LogP contribution in [-0.4, -0.2) is 21.8 Å².